The number of ketones is 1. The topological polar surface area (TPSA) is 117 Å². The van der Waals surface area contributed by atoms with E-state index >= 15 is 4.39 Å². The molecule has 2 N–H and O–H groups in total. The van der Waals surface area contributed by atoms with Crippen LogP contribution in [0.1, 0.15) is 74.0 Å². The Morgan fingerprint density at radius 3 is 2.24 bits per heavy atom. The number of hydrogen-bond donors (Lipinski definition) is 2. The quantitative estimate of drug-likeness (QED) is 0.269. The summed E-state index contributed by atoms with van der Waals surface area (Å²) in [6.07, 6.45) is 1.68. The predicted molar refractivity (Wildman–Crippen MR) is 175 cm³/mol. The summed E-state index contributed by atoms with van der Waals surface area (Å²) in [6, 6.07) is 14.6. The third-order valence-corrected chi connectivity index (χ3v) is 8.97. The average Bonchev–Trinajstić information content (AvgIpc) is 3.56. The summed E-state index contributed by atoms with van der Waals surface area (Å²) in [5, 5.41) is 9.75. The maximum atomic E-state index is 15.7. The first-order valence-corrected chi connectivity index (χ1v) is 16.0. The first kappa shape index (κ1) is 34.5. The highest BCUT2D eigenvalue weighted by Gasteiger charge is 2.34. The van der Waals surface area contributed by atoms with Gasteiger partial charge >= 0.3 is 0 Å². The molecule has 1 fully saturated rings. The van der Waals surface area contributed by atoms with Gasteiger partial charge < -0.3 is 20.4 Å². The number of amides is 3. The molecule has 4 atom stereocenters. The summed E-state index contributed by atoms with van der Waals surface area (Å²) in [6.45, 7) is 10.3. The van der Waals surface area contributed by atoms with E-state index in [1.807, 2.05) is 51.2 Å². The third kappa shape index (κ3) is 8.25. The van der Waals surface area contributed by atoms with Gasteiger partial charge in [-0.2, -0.15) is 5.10 Å². The van der Waals surface area contributed by atoms with Crippen LogP contribution in [-0.2, 0) is 20.9 Å². The fourth-order valence-corrected chi connectivity index (χ4v) is 5.84. The van der Waals surface area contributed by atoms with Crippen LogP contribution in [0.15, 0.2) is 60.8 Å². The minimum atomic E-state index is -0.866. The van der Waals surface area contributed by atoms with E-state index in [0.717, 1.165) is 18.7 Å². The molecule has 0 spiro atoms. The molecule has 10 nitrogen and oxygen atoms in total. The highest BCUT2D eigenvalue weighted by molar-refractivity contribution is 6.00. The molecule has 1 aromatic heterocycles. The Bertz CT molecular complexity index is 1520. The van der Waals surface area contributed by atoms with Gasteiger partial charge in [-0.3, -0.25) is 23.9 Å². The van der Waals surface area contributed by atoms with E-state index in [1.54, 1.807) is 41.8 Å². The second-order valence-electron chi connectivity index (χ2n) is 12.0. The van der Waals surface area contributed by atoms with Crippen LogP contribution in [0.4, 0.5) is 10.1 Å². The normalized spacial score (nSPS) is 16.3. The van der Waals surface area contributed by atoms with Crippen molar-refractivity contribution >= 4 is 29.2 Å². The molecule has 2 heterocycles. The number of benzene rings is 2. The van der Waals surface area contributed by atoms with Crippen LogP contribution in [0.25, 0.3) is 0 Å². The molecule has 0 saturated carbocycles. The van der Waals surface area contributed by atoms with Crippen LogP contribution < -0.4 is 10.6 Å². The van der Waals surface area contributed by atoms with E-state index in [-0.39, 0.29) is 42.0 Å². The van der Waals surface area contributed by atoms with Crippen molar-refractivity contribution in [2.24, 2.45) is 5.92 Å². The summed E-state index contributed by atoms with van der Waals surface area (Å²) >= 11 is 0. The van der Waals surface area contributed by atoms with Gasteiger partial charge in [0.05, 0.1) is 11.6 Å². The zero-order valence-electron chi connectivity index (χ0n) is 27.3. The summed E-state index contributed by atoms with van der Waals surface area (Å²) in [5.74, 6) is -3.51. The van der Waals surface area contributed by atoms with E-state index < -0.39 is 29.6 Å². The predicted octanol–water partition coefficient (Wildman–Crippen LogP) is 4.45. The number of rotatable bonds is 13. The minimum absolute atomic E-state index is 0.0307. The molecule has 0 bridgehead atoms. The van der Waals surface area contributed by atoms with Gasteiger partial charge in [0.1, 0.15) is 17.6 Å². The number of likely N-dealkylation sites (N-methyl/N-ethyl adjacent to an activating group) is 1. The average molecular weight is 633 g/mol. The Labute approximate surface area is 270 Å². The van der Waals surface area contributed by atoms with E-state index in [2.05, 4.69) is 20.6 Å². The number of aryl methyl sites for hydroxylation is 1. The van der Waals surface area contributed by atoms with Gasteiger partial charge in [-0.25, -0.2) is 4.39 Å². The lowest BCUT2D eigenvalue weighted by Gasteiger charge is -2.36. The lowest BCUT2D eigenvalue weighted by Crippen LogP contribution is -2.55. The molecule has 1 saturated heterocycles. The number of nitrogens with zero attached hydrogens (tertiary/aromatic N) is 4. The van der Waals surface area contributed by atoms with Crippen molar-refractivity contribution in [1.29, 1.82) is 0 Å². The van der Waals surface area contributed by atoms with Crippen molar-refractivity contribution in [2.45, 2.75) is 65.0 Å². The molecule has 0 radical (unpaired) electrons. The largest absolute Gasteiger partial charge is 0.344 e. The fourth-order valence-electron chi connectivity index (χ4n) is 5.84. The van der Waals surface area contributed by atoms with Gasteiger partial charge in [-0.1, -0.05) is 57.2 Å². The van der Waals surface area contributed by atoms with E-state index in [9.17, 15) is 19.2 Å². The van der Waals surface area contributed by atoms with Crippen molar-refractivity contribution in [3.05, 3.63) is 83.4 Å². The molecular weight excluding hydrogens is 587 g/mol. The van der Waals surface area contributed by atoms with Crippen molar-refractivity contribution in [3.63, 3.8) is 0 Å². The molecule has 2 aromatic carbocycles. The first-order valence-electron chi connectivity index (χ1n) is 16.0. The summed E-state index contributed by atoms with van der Waals surface area (Å²) in [4.78, 5) is 56.9. The Morgan fingerprint density at radius 2 is 1.61 bits per heavy atom. The van der Waals surface area contributed by atoms with Crippen molar-refractivity contribution < 1.29 is 23.6 Å². The van der Waals surface area contributed by atoms with Gasteiger partial charge in [0.2, 0.25) is 17.7 Å². The SMILES string of the molecule is CCC(=O)N[C@@H](C(=O)N1CCN(C)CC1)[C@@H](C)c1ccc(NC(=O)C(CC(=O)c2ccnn2CC)[C@H](C)c2ccccc2)c(F)c1. The minimum Gasteiger partial charge on any atom is -0.344 e. The number of nitrogens with one attached hydrogen (secondary N) is 2. The number of Topliss-reactive ketones (excluding diaryl/α,β-unsaturated/α-hetero) is 1. The molecule has 1 aliphatic heterocycles. The van der Waals surface area contributed by atoms with Crippen LogP contribution in [0, 0.1) is 11.7 Å². The number of aromatic nitrogens is 2. The molecule has 1 unspecified atom stereocenters. The van der Waals surface area contributed by atoms with Crippen LogP contribution in [0.3, 0.4) is 0 Å². The van der Waals surface area contributed by atoms with Crippen molar-refractivity contribution in [1.82, 2.24) is 24.9 Å². The molecule has 3 amide bonds. The summed E-state index contributed by atoms with van der Waals surface area (Å²) < 4.78 is 17.2. The van der Waals surface area contributed by atoms with Gasteiger partial charge in [0, 0.05) is 57.7 Å². The Morgan fingerprint density at radius 1 is 0.913 bits per heavy atom. The van der Waals surface area contributed by atoms with E-state index in [1.165, 1.54) is 12.1 Å². The lowest BCUT2D eigenvalue weighted by atomic mass is 9.83. The van der Waals surface area contributed by atoms with E-state index in [0.29, 0.717) is 30.9 Å². The summed E-state index contributed by atoms with van der Waals surface area (Å²) in [5.41, 5.74) is 1.78. The van der Waals surface area contributed by atoms with Crippen molar-refractivity contribution in [3.8, 4) is 0 Å². The second kappa shape index (κ2) is 15.8. The zero-order chi connectivity index (χ0) is 33.4. The van der Waals surface area contributed by atoms with Gasteiger partial charge in [0.15, 0.2) is 5.78 Å². The maximum absolute atomic E-state index is 15.7. The molecule has 11 heteroatoms. The van der Waals surface area contributed by atoms with E-state index in [4.69, 9.17) is 0 Å². The third-order valence-electron chi connectivity index (χ3n) is 8.97. The number of anilines is 1. The number of hydrogen-bond acceptors (Lipinski definition) is 6. The maximum Gasteiger partial charge on any atom is 0.245 e. The van der Waals surface area contributed by atoms with Gasteiger partial charge in [-0.05, 0) is 49.2 Å². The van der Waals surface area contributed by atoms with Gasteiger partial charge in [0.25, 0.3) is 0 Å². The lowest BCUT2D eigenvalue weighted by molar-refractivity contribution is -0.138. The van der Waals surface area contributed by atoms with Crippen molar-refractivity contribution in [2.75, 3.05) is 38.5 Å². The first-order chi connectivity index (χ1) is 22.0. The Hall–Kier alpha value is -4.38. The number of piperazine rings is 1. The van der Waals surface area contributed by atoms with Gasteiger partial charge in [-0.15, -0.1) is 0 Å². The second-order valence-corrected chi connectivity index (χ2v) is 12.0. The highest BCUT2D eigenvalue weighted by Crippen LogP contribution is 2.31. The number of halogens is 1. The zero-order valence-corrected chi connectivity index (χ0v) is 27.3. The smallest absolute Gasteiger partial charge is 0.245 e. The molecular formula is C35H45FN6O4. The molecule has 4 rings (SSSR count). The molecule has 1 aliphatic rings. The van der Waals surface area contributed by atoms with Crippen LogP contribution in [0.2, 0.25) is 0 Å². The highest BCUT2D eigenvalue weighted by atomic mass is 19.1. The molecule has 0 aliphatic carbocycles. The fraction of sp³-hybridized carbons (Fsp3) is 0.457. The standard InChI is InChI=1S/C35H45FN6O4/c1-6-32(44)39-33(35(46)41-19-17-40(5)18-20-41)24(4)26-13-14-29(28(36)21-26)38-34(45)27(23(3)25-11-9-8-10-12-25)22-31(43)30-15-16-37-42(30)7-2/h8-16,21,23-24,27,33H,6-7,17-20,22H2,1-5H3,(H,38,45)(H,39,44)/t23-,24+,27?,33-/m1/s1. The number of carbonyl (C=O) groups is 4. The summed E-state index contributed by atoms with van der Waals surface area (Å²) in [7, 11) is 1.99. The monoisotopic (exact) mass is 632 g/mol. The van der Waals surface area contributed by atoms with Crippen LogP contribution in [0.5, 0.6) is 0 Å². The van der Waals surface area contributed by atoms with Crippen LogP contribution in [-0.4, -0.2) is 82.4 Å². The molecule has 46 heavy (non-hydrogen) atoms. The number of carbonyl (C=O) groups excluding carboxylic acids is 4. The molecule has 3 aromatic rings. The molecule has 246 valence electrons. The Kier molecular flexibility index (Phi) is 11.8. The Balaban J connectivity index is 1.55. The van der Waals surface area contributed by atoms with Crippen LogP contribution >= 0.6 is 0 Å².